The molecule has 0 fully saturated rings. The van der Waals surface area contributed by atoms with Gasteiger partial charge in [0, 0.05) is 17.5 Å². The number of carbonyl (C=O) groups excluding carboxylic acids is 2. The molecule has 0 bridgehead atoms. The van der Waals surface area contributed by atoms with Crippen LogP contribution in [0.2, 0.25) is 0 Å². The first kappa shape index (κ1) is 14.3. The van der Waals surface area contributed by atoms with Gasteiger partial charge < -0.3 is 10.2 Å². The third-order valence-corrected chi connectivity index (χ3v) is 2.71. The fourth-order valence-corrected chi connectivity index (χ4v) is 1.66. The number of aliphatic hydroxyl groups is 1. The summed E-state index contributed by atoms with van der Waals surface area (Å²) < 4.78 is 0. The maximum absolute atomic E-state index is 11.2. The number of Topliss-reactive ketones (excluding diaryl/α,β-unsaturated/α-hetero) is 1. The minimum atomic E-state index is -1.80. The molecule has 0 saturated heterocycles. The van der Waals surface area contributed by atoms with Crippen molar-refractivity contribution in [1.29, 1.82) is 0 Å². The van der Waals surface area contributed by atoms with E-state index in [1.54, 1.807) is 0 Å². The Morgan fingerprint density at radius 3 is 2.56 bits per heavy atom. The van der Waals surface area contributed by atoms with Crippen molar-refractivity contribution in [2.75, 3.05) is 5.88 Å². The lowest BCUT2D eigenvalue weighted by atomic mass is 9.95. The van der Waals surface area contributed by atoms with Crippen molar-refractivity contribution in [3.63, 3.8) is 0 Å². The van der Waals surface area contributed by atoms with Gasteiger partial charge in [-0.2, -0.15) is 0 Å². The third-order valence-electron chi connectivity index (χ3n) is 2.41. The highest BCUT2D eigenvalue weighted by atomic mass is 35.5. The molecule has 1 rings (SSSR count). The third kappa shape index (κ3) is 3.15. The summed E-state index contributed by atoms with van der Waals surface area (Å²) in [5.74, 6) is -1.94. The van der Waals surface area contributed by atoms with E-state index in [0.29, 0.717) is 11.8 Å². The number of benzene rings is 1. The molecule has 2 N–H and O–H groups in total. The van der Waals surface area contributed by atoms with Gasteiger partial charge in [-0.1, -0.05) is 18.2 Å². The number of hydrogen-bond donors (Lipinski definition) is 2. The molecule has 6 heteroatoms. The summed E-state index contributed by atoms with van der Waals surface area (Å²) in [5.41, 5.74) is 0.344. The summed E-state index contributed by atoms with van der Waals surface area (Å²) in [6.07, 6.45) is -1.44. The van der Waals surface area contributed by atoms with E-state index in [9.17, 15) is 19.5 Å². The van der Waals surface area contributed by atoms with Crippen molar-refractivity contribution >= 4 is 29.6 Å². The SMILES string of the molecule is O=Cc1c(CC(=O)CCl)cccc1C(O)C(=O)O. The fourth-order valence-electron chi connectivity index (χ4n) is 1.56. The second-order valence-corrected chi connectivity index (χ2v) is 3.90. The van der Waals surface area contributed by atoms with E-state index in [-0.39, 0.29) is 29.2 Å². The normalized spacial score (nSPS) is 11.9. The highest BCUT2D eigenvalue weighted by Gasteiger charge is 2.21. The Kier molecular flexibility index (Phi) is 5.00. The first-order valence-electron chi connectivity index (χ1n) is 5.06. The lowest BCUT2D eigenvalue weighted by Crippen LogP contribution is -2.15. The molecule has 96 valence electrons. The number of carboxylic acid groups (broad SMARTS) is 1. The van der Waals surface area contributed by atoms with Gasteiger partial charge in [-0.3, -0.25) is 9.59 Å². The van der Waals surface area contributed by atoms with Crippen molar-refractivity contribution in [3.8, 4) is 0 Å². The molecule has 5 nitrogen and oxygen atoms in total. The van der Waals surface area contributed by atoms with E-state index in [4.69, 9.17) is 16.7 Å². The largest absolute Gasteiger partial charge is 0.479 e. The number of alkyl halides is 1. The summed E-state index contributed by atoms with van der Waals surface area (Å²) >= 11 is 5.37. The molecule has 0 aliphatic rings. The van der Waals surface area contributed by atoms with Crippen molar-refractivity contribution in [2.45, 2.75) is 12.5 Å². The van der Waals surface area contributed by atoms with Crippen LogP contribution in [0.25, 0.3) is 0 Å². The summed E-state index contributed by atoms with van der Waals surface area (Å²) in [6.45, 7) is 0. The molecule has 0 radical (unpaired) electrons. The molecule has 0 amide bonds. The summed E-state index contributed by atoms with van der Waals surface area (Å²) in [7, 11) is 0. The smallest absolute Gasteiger partial charge is 0.337 e. The van der Waals surface area contributed by atoms with Gasteiger partial charge in [-0.05, 0) is 5.56 Å². The first-order valence-corrected chi connectivity index (χ1v) is 5.60. The van der Waals surface area contributed by atoms with Crippen LogP contribution in [-0.2, 0) is 16.0 Å². The van der Waals surface area contributed by atoms with Crippen molar-refractivity contribution in [1.82, 2.24) is 0 Å². The molecule has 0 aliphatic carbocycles. The molecule has 1 atom stereocenters. The average molecular weight is 271 g/mol. The Morgan fingerprint density at radius 2 is 2.06 bits per heavy atom. The van der Waals surface area contributed by atoms with E-state index >= 15 is 0 Å². The molecular weight excluding hydrogens is 260 g/mol. The number of aliphatic hydroxyl groups excluding tert-OH is 1. The van der Waals surface area contributed by atoms with Gasteiger partial charge in [0.05, 0.1) is 5.88 Å². The van der Waals surface area contributed by atoms with E-state index in [0.717, 1.165) is 0 Å². The van der Waals surface area contributed by atoms with Gasteiger partial charge in [-0.15, -0.1) is 11.6 Å². The molecule has 0 aromatic heterocycles. The van der Waals surface area contributed by atoms with Gasteiger partial charge in [-0.25, -0.2) is 4.79 Å². The summed E-state index contributed by atoms with van der Waals surface area (Å²) in [4.78, 5) is 32.9. The van der Waals surface area contributed by atoms with Gasteiger partial charge >= 0.3 is 5.97 Å². The topological polar surface area (TPSA) is 91.7 Å². The Balaban J connectivity index is 3.21. The quantitative estimate of drug-likeness (QED) is 0.593. The number of halogens is 1. The zero-order valence-electron chi connectivity index (χ0n) is 9.30. The Bertz CT molecular complexity index is 483. The monoisotopic (exact) mass is 270 g/mol. The number of hydrogen-bond acceptors (Lipinski definition) is 4. The van der Waals surface area contributed by atoms with Crippen LogP contribution in [-0.4, -0.2) is 34.1 Å². The van der Waals surface area contributed by atoms with Crippen molar-refractivity contribution in [2.24, 2.45) is 0 Å². The van der Waals surface area contributed by atoms with Crippen LogP contribution in [0.5, 0.6) is 0 Å². The predicted octanol–water partition coefficient (Wildman–Crippen LogP) is 0.968. The number of aliphatic carboxylic acids is 1. The molecule has 1 unspecified atom stereocenters. The van der Waals surface area contributed by atoms with E-state index in [1.807, 2.05) is 0 Å². The van der Waals surface area contributed by atoms with Gasteiger partial charge in [0.2, 0.25) is 0 Å². The summed E-state index contributed by atoms with van der Waals surface area (Å²) in [6, 6.07) is 4.33. The fraction of sp³-hybridized carbons (Fsp3) is 0.250. The van der Waals surface area contributed by atoms with Crippen LogP contribution in [0.15, 0.2) is 18.2 Å². The Hall–Kier alpha value is -1.72. The zero-order valence-corrected chi connectivity index (χ0v) is 10.1. The maximum Gasteiger partial charge on any atom is 0.337 e. The lowest BCUT2D eigenvalue weighted by Gasteiger charge is -2.12. The Morgan fingerprint density at radius 1 is 1.39 bits per heavy atom. The highest BCUT2D eigenvalue weighted by molar-refractivity contribution is 6.27. The zero-order chi connectivity index (χ0) is 13.7. The van der Waals surface area contributed by atoms with Crippen LogP contribution in [0.1, 0.15) is 27.6 Å². The molecule has 0 aliphatic heterocycles. The number of ketones is 1. The first-order chi connectivity index (χ1) is 8.51. The maximum atomic E-state index is 11.2. The van der Waals surface area contributed by atoms with Gasteiger partial charge in [0.25, 0.3) is 0 Å². The van der Waals surface area contributed by atoms with Crippen LogP contribution in [0, 0.1) is 0 Å². The Labute approximate surface area is 108 Å². The molecule has 0 spiro atoms. The lowest BCUT2D eigenvalue weighted by molar-refractivity contribution is -0.146. The van der Waals surface area contributed by atoms with E-state index < -0.39 is 12.1 Å². The van der Waals surface area contributed by atoms with Gasteiger partial charge in [0.15, 0.2) is 18.2 Å². The molecule has 0 heterocycles. The minimum absolute atomic E-state index is 0.0193. The van der Waals surface area contributed by atoms with Gasteiger partial charge in [0.1, 0.15) is 0 Å². The van der Waals surface area contributed by atoms with Crippen molar-refractivity contribution in [3.05, 3.63) is 34.9 Å². The molecule has 1 aromatic rings. The van der Waals surface area contributed by atoms with Crippen LogP contribution in [0.3, 0.4) is 0 Å². The standard InChI is InChI=1S/C12H11ClO5/c13-5-8(15)4-7-2-1-3-9(10(7)6-14)11(16)12(17)18/h1-3,6,11,16H,4-5H2,(H,17,18). The average Bonchev–Trinajstić information content (AvgIpc) is 2.37. The van der Waals surface area contributed by atoms with Crippen LogP contribution >= 0.6 is 11.6 Å². The number of rotatable bonds is 6. The predicted molar refractivity (Wildman–Crippen MR) is 63.9 cm³/mol. The molecule has 18 heavy (non-hydrogen) atoms. The van der Waals surface area contributed by atoms with Crippen LogP contribution < -0.4 is 0 Å². The number of carbonyl (C=O) groups is 3. The van der Waals surface area contributed by atoms with Crippen LogP contribution in [0.4, 0.5) is 0 Å². The second-order valence-electron chi connectivity index (χ2n) is 3.63. The summed E-state index contributed by atoms with van der Waals surface area (Å²) in [5, 5.41) is 18.2. The number of carboxylic acids is 1. The molecule has 0 saturated carbocycles. The molecule has 1 aromatic carbocycles. The second kappa shape index (κ2) is 6.28. The molecular formula is C12H11ClO5. The van der Waals surface area contributed by atoms with E-state index in [1.165, 1.54) is 18.2 Å². The minimum Gasteiger partial charge on any atom is -0.479 e. The number of aldehydes is 1. The highest BCUT2D eigenvalue weighted by Crippen LogP contribution is 2.21. The van der Waals surface area contributed by atoms with E-state index in [2.05, 4.69) is 0 Å². The van der Waals surface area contributed by atoms with Crippen molar-refractivity contribution < 1.29 is 24.6 Å².